The third-order valence-corrected chi connectivity index (χ3v) is 3.41. The van der Waals surface area contributed by atoms with E-state index in [1.54, 1.807) is 6.07 Å². The minimum atomic E-state index is -0.839. The van der Waals surface area contributed by atoms with E-state index in [1.807, 2.05) is 0 Å². The molecule has 0 saturated carbocycles. The highest BCUT2D eigenvalue weighted by Gasteiger charge is 2.23. The smallest absolute Gasteiger partial charge is 0.339 e. The number of rotatable bonds is 12. The van der Waals surface area contributed by atoms with Crippen molar-refractivity contribution in [3.63, 3.8) is 0 Å². The van der Waals surface area contributed by atoms with Crippen LogP contribution in [0.25, 0.3) is 0 Å². The van der Waals surface area contributed by atoms with Gasteiger partial charge in [-0.15, -0.1) is 0 Å². The Hall–Kier alpha value is -3.46. The second kappa shape index (κ2) is 12.8. The molecule has 9 heteroatoms. The molecule has 1 aromatic rings. The normalized spacial score (nSPS) is 9.83. The number of carbonyl (C=O) groups excluding carboxylic acids is 4. The molecule has 0 saturated heterocycles. The Kier molecular flexibility index (Phi) is 10.4. The van der Waals surface area contributed by atoms with Crippen LogP contribution < -0.4 is 0 Å². The average molecular weight is 406 g/mol. The second-order valence-electron chi connectivity index (χ2n) is 5.33. The molecule has 9 nitrogen and oxygen atoms in total. The molecule has 0 unspecified atom stereocenters. The molecule has 1 rings (SSSR count). The van der Waals surface area contributed by atoms with Crippen LogP contribution in [0.1, 0.15) is 26.3 Å². The van der Waals surface area contributed by atoms with Gasteiger partial charge in [-0.2, -0.15) is 0 Å². The Morgan fingerprint density at radius 1 is 0.828 bits per heavy atom. The number of aliphatic hydroxyl groups excluding tert-OH is 1. The third kappa shape index (κ3) is 7.97. The Morgan fingerprint density at radius 2 is 1.34 bits per heavy atom. The van der Waals surface area contributed by atoms with E-state index in [1.165, 1.54) is 12.1 Å². The first-order valence-electron chi connectivity index (χ1n) is 8.60. The van der Waals surface area contributed by atoms with Gasteiger partial charge in [0.1, 0.15) is 26.4 Å². The van der Waals surface area contributed by atoms with E-state index in [0.29, 0.717) is 5.56 Å². The molecule has 0 fully saturated rings. The van der Waals surface area contributed by atoms with Gasteiger partial charge < -0.3 is 24.1 Å². The molecule has 0 heterocycles. The lowest BCUT2D eigenvalue weighted by molar-refractivity contribution is -0.139. The number of benzene rings is 1. The van der Waals surface area contributed by atoms with E-state index < -0.39 is 23.9 Å². The summed E-state index contributed by atoms with van der Waals surface area (Å²) >= 11 is 0. The van der Waals surface area contributed by atoms with Gasteiger partial charge in [-0.1, -0.05) is 25.3 Å². The first-order valence-corrected chi connectivity index (χ1v) is 8.60. The largest absolute Gasteiger partial charge is 0.459 e. The van der Waals surface area contributed by atoms with Gasteiger partial charge in [0, 0.05) is 18.8 Å². The topological polar surface area (TPSA) is 125 Å². The van der Waals surface area contributed by atoms with Crippen LogP contribution in [0.3, 0.4) is 0 Å². The number of esters is 4. The Labute approximate surface area is 167 Å². The summed E-state index contributed by atoms with van der Waals surface area (Å²) in [4.78, 5) is 46.8. The average Bonchev–Trinajstić information content (AvgIpc) is 2.73. The molecule has 1 N–H and O–H groups in total. The van der Waals surface area contributed by atoms with Crippen LogP contribution in [0.4, 0.5) is 0 Å². The number of ether oxygens (including phenoxy) is 4. The lowest BCUT2D eigenvalue weighted by atomic mass is 9.99. The predicted molar refractivity (Wildman–Crippen MR) is 100 cm³/mol. The second-order valence-corrected chi connectivity index (χ2v) is 5.33. The summed E-state index contributed by atoms with van der Waals surface area (Å²) in [6, 6.07) is 4.46. The van der Waals surface area contributed by atoms with E-state index in [-0.39, 0.29) is 50.6 Å². The summed E-state index contributed by atoms with van der Waals surface area (Å²) in [7, 11) is 0. The molecular weight excluding hydrogens is 384 g/mol. The van der Waals surface area contributed by atoms with Crippen LogP contribution >= 0.6 is 0 Å². The zero-order chi connectivity index (χ0) is 21.6. The van der Waals surface area contributed by atoms with E-state index >= 15 is 0 Å². The van der Waals surface area contributed by atoms with Crippen molar-refractivity contribution in [2.45, 2.75) is 6.42 Å². The summed E-state index contributed by atoms with van der Waals surface area (Å²) in [5, 5.41) is 9.21. The van der Waals surface area contributed by atoms with Gasteiger partial charge >= 0.3 is 23.9 Å². The lowest BCUT2D eigenvalue weighted by Crippen LogP contribution is -2.20. The van der Waals surface area contributed by atoms with E-state index in [2.05, 4.69) is 13.2 Å². The van der Waals surface area contributed by atoms with Crippen molar-refractivity contribution in [3.05, 3.63) is 60.2 Å². The van der Waals surface area contributed by atoms with Crippen LogP contribution in [-0.2, 0) is 35.0 Å². The summed E-state index contributed by atoms with van der Waals surface area (Å²) < 4.78 is 19.5. The molecule has 0 aliphatic carbocycles. The highest BCUT2D eigenvalue weighted by Crippen LogP contribution is 2.18. The molecule has 0 aromatic heterocycles. The minimum absolute atomic E-state index is 0.0651. The molecule has 0 atom stereocenters. The molecule has 0 aliphatic rings. The predicted octanol–water partition coefficient (Wildman–Crippen LogP) is 0.993. The van der Waals surface area contributed by atoms with Gasteiger partial charge in [0.25, 0.3) is 0 Å². The van der Waals surface area contributed by atoms with Crippen molar-refractivity contribution >= 4 is 23.9 Å². The molecule has 0 bridgehead atoms. The lowest BCUT2D eigenvalue weighted by Gasteiger charge is -2.13. The minimum Gasteiger partial charge on any atom is -0.459 e. The van der Waals surface area contributed by atoms with E-state index in [4.69, 9.17) is 18.9 Å². The maximum absolute atomic E-state index is 12.5. The molecule has 0 spiro atoms. The molecule has 156 valence electrons. The van der Waals surface area contributed by atoms with Crippen molar-refractivity contribution in [1.82, 2.24) is 0 Å². The fourth-order valence-electron chi connectivity index (χ4n) is 2.16. The van der Waals surface area contributed by atoms with Gasteiger partial charge in [-0.25, -0.2) is 19.2 Å². The van der Waals surface area contributed by atoms with Crippen LogP contribution in [0.5, 0.6) is 0 Å². The van der Waals surface area contributed by atoms with E-state index in [0.717, 1.165) is 12.2 Å². The zero-order valence-corrected chi connectivity index (χ0v) is 15.8. The number of aliphatic hydroxyl groups is 1. The summed E-state index contributed by atoms with van der Waals surface area (Å²) in [6.45, 7) is 5.39. The van der Waals surface area contributed by atoms with Crippen molar-refractivity contribution in [2.24, 2.45) is 0 Å². The third-order valence-electron chi connectivity index (χ3n) is 3.41. The number of hydrogen-bond acceptors (Lipinski definition) is 9. The number of hydrogen-bond donors (Lipinski definition) is 1. The zero-order valence-electron chi connectivity index (χ0n) is 15.8. The molecule has 1 aromatic carbocycles. The van der Waals surface area contributed by atoms with Crippen LogP contribution in [0, 0.1) is 0 Å². The van der Waals surface area contributed by atoms with Crippen molar-refractivity contribution in [2.75, 3.05) is 33.0 Å². The van der Waals surface area contributed by atoms with Gasteiger partial charge in [-0.3, -0.25) is 0 Å². The molecular formula is C20H22O9. The molecule has 0 amide bonds. The maximum Gasteiger partial charge on any atom is 0.339 e. The fourth-order valence-corrected chi connectivity index (χ4v) is 2.16. The van der Waals surface area contributed by atoms with Crippen molar-refractivity contribution < 1.29 is 43.2 Å². The van der Waals surface area contributed by atoms with Gasteiger partial charge in [0.05, 0.1) is 11.1 Å². The standard InChI is InChI=1S/C20H22O9/c1-3-16(22)26-10-12-28-19(24)15-7-5-6-14(8-9-21)18(15)20(25)29-13-11-27-17(23)4-2/h3-7,21H,1-2,8-13H2. The summed E-state index contributed by atoms with van der Waals surface area (Å²) in [6.07, 6.45) is 2.05. The first kappa shape index (κ1) is 23.6. The quantitative estimate of drug-likeness (QED) is 0.234. The number of carbonyl (C=O) groups is 4. The van der Waals surface area contributed by atoms with E-state index in [9.17, 15) is 24.3 Å². The Morgan fingerprint density at radius 3 is 1.86 bits per heavy atom. The molecule has 29 heavy (non-hydrogen) atoms. The summed E-state index contributed by atoms with van der Waals surface area (Å²) in [5.41, 5.74) is 0.247. The van der Waals surface area contributed by atoms with Gasteiger partial charge in [-0.05, 0) is 18.1 Å². The van der Waals surface area contributed by atoms with Crippen LogP contribution in [0.2, 0.25) is 0 Å². The van der Waals surface area contributed by atoms with Gasteiger partial charge in [0.2, 0.25) is 0 Å². The SMILES string of the molecule is C=CC(=O)OCCOC(=O)c1cccc(CCO)c1C(=O)OCCOC(=O)C=C. The Bertz CT molecular complexity index is 767. The van der Waals surface area contributed by atoms with Gasteiger partial charge in [0.15, 0.2) is 0 Å². The van der Waals surface area contributed by atoms with Crippen molar-refractivity contribution in [1.29, 1.82) is 0 Å². The molecule has 0 radical (unpaired) electrons. The maximum atomic E-state index is 12.5. The first-order chi connectivity index (χ1) is 13.9. The summed E-state index contributed by atoms with van der Waals surface area (Å²) in [5.74, 6) is -2.99. The Balaban J connectivity index is 2.84. The van der Waals surface area contributed by atoms with Crippen LogP contribution in [0.15, 0.2) is 43.5 Å². The van der Waals surface area contributed by atoms with Crippen LogP contribution in [-0.4, -0.2) is 62.0 Å². The molecule has 0 aliphatic heterocycles. The van der Waals surface area contributed by atoms with Crippen molar-refractivity contribution in [3.8, 4) is 0 Å². The fraction of sp³-hybridized carbons (Fsp3) is 0.300. The highest BCUT2D eigenvalue weighted by atomic mass is 16.6. The highest BCUT2D eigenvalue weighted by molar-refractivity contribution is 6.04. The monoisotopic (exact) mass is 406 g/mol.